The Kier molecular flexibility index (Phi) is 5.05. The summed E-state index contributed by atoms with van der Waals surface area (Å²) in [6.07, 6.45) is 2.96. The van der Waals surface area contributed by atoms with Gasteiger partial charge in [-0.15, -0.1) is 0 Å². The highest BCUT2D eigenvalue weighted by Crippen LogP contribution is 2.28. The molecule has 4 heteroatoms. The van der Waals surface area contributed by atoms with Gasteiger partial charge in [-0.1, -0.05) is 13.0 Å². The average Bonchev–Trinajstić information content (AvgIpc) is 2.23. The van der Waals surface area contributed by atoms with E-state index in [1.165, 1.54) is 20.3 Å². The van der Waals surface area contributed by atoms with Crippen molar-refractivity contribution in [3.05, 3.63) is 12.2 Å². The molecule has 0 bridgehead atoms. The summed E-state index contributed by atoms with van der Waals surface area (Å²) in [5, 5.41) is 0. The van der Waals surface area contributed by atoms with Crippen LogP contribution in [0.5, 0.6) is 0 Å². The van der Waals surface area contributed by atoms with Gasteiger partial charge in [-0.3, -0.25) is 4.79 Å². The minimum atomic E-state index is -0.654. The van der Waals surface area contributed by atoms with Gasteiger partial charge < -0.3 is 9.47 Å². The first-order valence-corrected chi connectivity index (χ1v) is 4.70. The summed E-state index contributed by atoms with van der Waals surface area (Å²) in [5.74, 6) is -0.837. The summed E-state index contributed by atoms with van der Waals surface area (Å²) < 4.78 is 9.14. The monoisotopic (exact) mass is 214 g/mol. The van der Waals surface area contributed by atoms with Crippen molar-refractivity contribution in [2.24, 2.45) is 11.3 Å². The van der Waals surface area contributed by atoms with Gasteiger partial charge in [0, 0.05) is 6.08 Å². The Labute approximate surface area is 90.2 Å². The zero-order chi connectivity index (χ0) is 12.1. The average molecular weight is 214 g/mol. The van der Waals surface area contributed by atoms with Gasteiger partial charge in [0.05, 0.1) is 19.6 Å². The minimum Gasteiger partial charge on any atom is -0.469 e. The highest BCUT2D eigenvalue weighted by Gasteiger charge is 2.33. The summed E-state index contributed by atoms with van der Waals surface area (Å²) in [7, 11) is 2.66. The Morgan fingerprint density at radius 3 is 2.13 bits per heavy atom. The molecule has 0 N–H and O–H groups in total. The highest BCUT2D eigenvalue weighted by molar-refractivity contribution is 5.82. The fourth-order valence-corrected chi connectivity index (χ4v) is 0.980. The second-order valence-corrected chi connectivity index (χ2v) is 3.88. The second kappa shape index (κ2) is 5.53. The van der Waals surface area contributed by atoms with Gasteiger partial charge in [0.15, 0.2) is 0 Å². The number of methoxy groups -OCH3 is 2. The number of carbonyl (C=O) groups is 2. The van der Waals surface area contributed by atoms with Crippen molar-refractivity contribution in [3.8, 4) is 0 Å². The summed E-state index contributed by atoms with van der Waals surface area (Å²) in [4.78, 5) is 22.3. The van der Waals surface area contributed by atoms with E-state index in [0.717, 1.165) is 0 Å². The summed E-state index contributed by atoms with van der Waals surface area (Å²) in [5.41, 5.74) is -0.654. The van der Waals surface area contributed by atoms with Gasteiger partial charge in [0.1, 0.15) is 0 Å². The zero-order valence-electron chi connectivity index (χ0n) is 9.87. The number of hydrogen-bond donors (Lipinski definition) is 0. The van der Waals surface area contributed by atoms with E-state index in [9.17, 15) is 9.59 Å². The van der Waals surface area contributed by atoms with Crippen molar-refractivity contribution in [3.63, 3.8) is 0 Å². The molecule has 0 saturated heterocycles. The number of esters is 2. The number of carbonyl (C=O) groups excluding carboxylic acids is 2. The molecule has 86 valence electrons. The Balaban J connectivity index is 4.56. The lowest BCUT2D eigenvalue weighted by atomic mass is 9.80. The summed E-state index contributed by atoms with van der Waals surface area (Å²) >= 11 is 0. The van der Waals surface area contributed by atoms with Crippen molar-refractivity contribution in [2.45, 2.75) is 20.8 Å². The number of allylic oxidation sites excluding steroid dienone is 1. The number of ether oxygens (including phenoxy) is 2. The van der Waals surface area contributed by atoms with Crippen LogP contribution in [0.4, 0.5) is 0 Å². The lowest BCUT2D eigenvalue weighted by molar-refractivity contribution is -0.152. The number of hydrogen-bond acceptors (Lipinski definition) is 4. The van der Waals surface area contributed by atoms with E-state index in [-0.39, 0.29) is 11.9 Å². The van der Waals surface area contributed by atoms with Crippen molar-refractivity contribution in [1.82, 2.24) is 0 Å². The van der Waals surface area contributed by atoms with E-state index in [1.807, 2.05) is 6.92 Å². The molecule has 0 amide bonds. The van der Waals surface area contributed by atoms with Gasteiger partial charge in [-0.25, -0.2) is 4.79 Å². The van der Waals surface area contributed by atoms with Gasteiger partial charge in [0.2, 0.25) is 0 Å². The smallest absolute Gasteiger partial charge is 0.330 e. The Hall–Kier alpha value is -1.32. The Morgan fingerprint density at radius 2 is 1.73 bits per heavy atom. The molecule has 0 spiro atoms. The van der Waals surface area contributed by atoms with Crippen LogP contribution < -0.4 is 0 Å². The molecule has 4 nitrogen and oxygen atoms in total. The predicted octanol–water partition coefficient (Wildman–Crippen LogP) is 1.55. The molecule has 15 heavy (non-hydrogen) atoms. The quantitative estimate of drug-likeness (QED) is 0.526. The SMILES string of the molecule is COC(=O)/C=C/[C@H](C)C(C)(C)C(=O)OC. The molecular formula is C11H18O4. The third-order valence-electron chi connectivity index (χ3n) is 2.57. The number of rotatable bonds is 4. The fraction of sp³-hybridized carbons (Fsp3) is 0.636. The van der Waals surface area contributed by atoms with Gasteiger partial charge in [0.25, 0.3) is 0 Å². The summed E-state index contributed by atoms with van der Waals surface area (Å²) in [6.45, 7) is 5.38. The molecule has 0 aliphatic rings. The van der Waals surface area contributed by atoms with Crippen LogP contribution in [-0.4, -0.2) is 26.2 Å². The molecule has 0 aromatic rings. The Bertz CT molecular complexity index is 266. The maximum atomic E-state index is 11.4. The van der Waals surface area contributed by atoms with Crippen molar-refractivity contribution in [1.29, 1.82) is 0 Å². The van der Waals surface area contributed by atoms with Crippen LogP contribution >= 0.6 is 0 Å². The molecule has 0 aromatic heterocycles. The van der Waals surface area contributed by atoms with Gasteiger partial charge in [-0.05, 0) is 19.8 Å². The van der Waals surface area contributed by atoms with Gasteiger partial charge >= 0.3 is 11.9 Å². The maximum absolute atomic E-state index is 11.4. The van der Waals surface area contributed by atoms with Crippen LogP contribution in [0.1, 0.15) is 20.8 Å². The van der Waals surface area contributed by atoms with Crippen molar-refractivity contribution >= 4 is 11.9 Å². The molecule has 0 rings (SSSR count). The first-order chi connectivity index (χ1) is 6.86. The maximum Gasteiger partial charge on any atom is 0.330 e. The van der Waals surface area contributed by atoms with Crippen molar-refractivity contribution < 1.29 is 19.1 Å². The normalized spacial score (nSPS) is 13.7. The molecule has 0 heterocycles. The Morgan fingerprint density at radius 1 is 1.20 bits per heavy atom. The lowest BCUT2D eigenvalue weighted by Gasteiger charge is -2.26. The first-order valence-electron chi connectivity index (χ1n) is 4.70. The molecule has 0 aliphatic carbocycles. The summed E-state index contributed by atoms with van der Waals surface area (Å²) in [6, 6.07) is 0. The first kappa shape index (κ1) is 13.7. The van der Waals surface area contributed by atoms with Crippen LogP contribution in [0.2, 0.25) is 0 Å². The topological polar surface area (TPSA) is 52.6 Å². The predicted molar refractivity (Wildman–Crippen MR) is 56.1 cm³/mol. The second-order valence-electron chi connectivity index (χ2n) is 3.88. The van der Waals surface area contributed by atoms with E-state index in [4.69, 9.17) is 0 Å². The van der Waals surface area contributed by atoms with Crippen LogP contribution in [0.25, 0.3) is 0 Å². The molecular weight excluding hydrogens is 196 g/mol. The van der Waals surface area contributed by atoms with Crippen LogP contribution in [-0.2, 0) is 19.1 Å². The van der Waals surface area contributed by atoms with Crippen LogP contribution in [0.3, 0.4) is 0 Å². The molecule has 0 aliphatic heterocycles. The van der Waals surface area contributed by atoms with E-state index < -0.39 is 11.4 Å². The van der Waals surface area contributed by atoms with Crippen LogP contribution in [0.15, 0.2) is 12.2 Å². The third kappa shape index (κ3) is 3.73. The van der Waals surface area contributed by atoms with E-state index in [0.29, 0.717) is 0 Å². The molecule has 0 radical (unpaired) electrons. The van der Waals surface area contributed by atoms with Gasteiger partial charge in [-0.2, -0.15) is 0 Å². The molecule has 0 unspecified atom stereocenters. The standard InChI is InChI=1S/C11H18O4/c1-8(6-7-9(12)14-4)11(2,3)10(13)15-5/h6-8H,1-5H3/b7-6+/t8-/m0/s1. The van der Waals surface area contributed by atoms with Crippen molar-refractivity contribution in [2.75, 3.05) is 14.2 Å². The highest BCUT2D eigenvalue weighted by atomic mass is 16.5. The molecule has 1 atom stereocenters. The van der Waals surface area contributed by atoms with Crippen LogP contribution in [0, 0.1) is 11.3 Å². The molecule has 0 fully saturated rings. The zero-order valence-corrected chi connectivity index (χ0v) is 9.87. The largest absolute Gasteiger partial charge is 0.469 e. The minimum absolute atomic E-state index is 0.107. The van der Waals surface area contributed by atoms with E-state index in [2.05, 4.69) is 9.47 Å². The molecule has 0 saturated carbocycles. The molecule has 0 aromatic carbocycles. The third-order valence-corrected chi connectivity index (χ3v) is 2.57. The lowest BCUT2D eigenvalue weighted by Crippen LogP contribution is -2.31. The fourth-order valence-electron chi connectivity index (χ4n) is 0.980. The van der Waals surface area contributed by atoms with E-state index in [1.54, 1.807) is 19.9 Å². The van der Waals surface area contributed by atoms with E-state index >= 15 is 0 Å².